The number of aryl methyl sites for hydroxylation is 1. The van der Waals surface area contributed by atoms with Crippen molar-refractivity contribution in [1.29, 1.82) is 0 Å². The number of nitrogens with zero attached hydrogens (tertiary/aromatic N) is 4. The Hall–Kier alpha value is -5.22. The number of hydrogen-bond acceptors (Lipinski definition) is 4. The molecule has 5 aromatic carbocycles. The van der Waals surface area contributed by atoms with Crippen LogP contribution in [0.15, 0.2) is 128 Å². The van der Waals surface area contributed by atoms with E-state index in [1.165, 1.54) is 10.8 Å². The van der Waals surface area contributed by atoms with E-state index in [1.807, 2.05) is 25.3 Å². The fourth-order valence-electron chi connectivity index (χ4n) is 4.90. The molecule has 0 aliphatic rings. The molecule has 39 heavy (non-hydrogen) atoms. The van der Waals surface area contributed by atoms with E-state index in [2.05, 4.69) is 114 Å². The van der Waals surface area contributed by atoms with E-state index in [1.54, 1.807) is 0 Å². The summed E-state index contributed by atoms with van der Waals surface area (Å²) in [6.07, 6.45) is 1.91. The predicted molar refractivity (Wildman–Crippen MR) is 159 cm³/mol. The van der Waals surface area contributed by atoms with Gasteiger partial charge in [0.25, 0.3) is 0 Å². The second-order valence-electron chi connectivity index (χ2n) is 9.70. The van der Waals surface area contributed by atoms with Gasteiger partial charge in [-0.05, 0) is 58.3 Å². The predicted octanol–water partition coefficient (Wildman–Crippen LogP) is 8.55. The minimum absolute atomic E-state index is 0.637. The van der Waals surface area contributed by atoms with Gasteiger partial charge in [-0.1, -0.05) is 97.1 Å². The van der Waals surface area contributed by atoms with Crippen LogP contribution in [0, 0.1) is 6.92 Å². The molecular weight excluding hydrogens is 476 g/mol. The Morgan fingerprint density at radius 2 is 0.872 bits per heavy atom. The highest BCUT2D eigenvalue weighted by molar-refractivity contribution is 5.88. The molecule has 0 unspecified atom stereocenters. The summed E-state index contributed by atoms with van der Waals surface area (Å²) >= 11 is 0. The van der Waals surface area contributed by atoms with Crippen molar-refractivity contribution in [3.63, 3.8) is 0 Å². The van der Waals surface area contributed by atoms with Gasteiger partial charge < -0.3 is 0 Å². The highest BCUT2D eigenvalue weighted by Gasteiger charge is 2.14. The summed E-state index contributed by atoms with van der Waals surface area (Å²) in [6.45, 7) is 1.99. The lowest BCUT2D eigenvalue weighted by molar-refractivity contribution is 1.08. The third-order valence-corrected chi connectivity index (χ3v) is 7.02. The van der Waals surface area contributed by atoms with Crippen LogP contribution in [-0.2, 0) is 0 Å². The molecular formula is C35H24N4. The summed E-state index contributed by atoms with van der Waals surface area (Å²) in [5.41, 5.74) is 5.96. The minimum atomic E-state index is 0.637. The molecule has 0 saturated heterocycles. The first kappa shape index (κ1) is 22.9. The maximum Gasteiger partial charge on any atom is 0.164 e. The summed E-state index contributed by atoms with van der Waals surface area (Å²) in [6, 6.07) is 41.8. The lowest BCUT2D eigenvalue weighted by Crippen LogP contribution is -2.00. The number of aromatic nitrogens is 4. The van der Waals surface area contributed by atoms with Gasteiger partial charge in [-0.15, -0.1) is 0 Å². The van der Waals surface area contributed by atoms with Crippen LogP contribution in [0.5, 0.6) is 0 Å². The summed E-state index contributed by atoms with van der Waals surface area (Å²) in [4.78, 5) is 19.4. The Labute approximate surface area is 226 Å². The van der Waals surface area contributed by atoms with Crippen LogP contribution in [0.2, 0.25) is 0 Å². The number of rotatable bonds is 4. The molecule has 0 spiro atoms. The molecule has 0 N–H and O–H groups in total. The maximum atomic E-state index is 4.98. The quantitative estimate of drug-likeness (QED) is 0.243. The van der Waals surface area contributed by atoms with Crippen LogP contribution < -0.4 is 0 Å². The highest BCUT2D eigenvalue weighted by atomic mass is 15.0. The molecule has 7 aromatic rings. The Balaban J connectivity index is 1.41. The molecule has 0 amide bonds. The van der Waals surface area contributed by atoms with Gasteiger partial charge in [0, 0.05) is 34.1 Å². The smallest absolute Gasteiger partial charge is 0.164 e. The standard InChI is InChI=1S/C35H24N4/c1-23-13-14-32(22-36-23)28-11-6-12-29(21-28)33-37-34(30-17-15-24-7-2-4-9-26(24)19-30)39-35(38-33)31-18-16-25-8-3-5-10-27(25)20-31/h2-22H,1H3. The molecule has 7 rings (SSSR count). The Bertz CT molecular complexity index is 1880. The third-order valence-electron chi connectivity index (χ3n) is 7.02. The number of hydrogen-bond donors (Lipinski definition) is 0. The first-order chi connectivity index (χ1) is 19.2. The minimum Gasteiger partial charge on any atom is -0.261 e. The van der Waals surface area contributed by atoms with E-state index in [-0.39, 0.29) is 0 Å². The lowest BCUT2D eigenvalue weighted by Gasteiger charge is -2.11. The van der Waals surface area contributed by atoms with Gasteiger partial charge in [0.15, 0.2) is 17.5 Å². The van der Waals surface area contributed by atoms with Gasteiger partial charge in [0.2, 0.25) is 0 Å². The molecule has 0 fully saturated rings. The molecule has 0 radical (unpaired) electrons. The molecule has 2 heterocycles. The average Bonchev–Trinajstić information content (AvgIpc) is 3.01. The van der Waals surface area contributed by atoms with E-state index >= 15 is 0 Å². The maximum absolute atomic E-state index is 4.98. The molecule has 0 saturated carbocycles. The van der Waals surface area contributed by atoms with Crippen molar-refractivity contribution in [2.45, 2.75) is 6.92 Å². The summed E-state index contributed by atoms with van der Waals surface area (Å²) < 4.78 is 0. The van der Waals surface area contributed by atoms with Gasteiger partial charge in [-0.25, -0.2) is 15.0 Å². The zero-order valence-electron chi connectivity index (χ0n) is 21.4. The van der Waals surface area contributed by atoms with Crippen LogP contribution in [0.1, 0.15) is 5.69 Å². The van der Waals surface area contributed by atoms with Crippen molar-refractivity contribution in [2.75, 3.05) is 0 Å². The van der Waals surface area contributed by atoms with Gasteiger partial charge >= 0.3 is 0 Å². The third kappa shape index (κ3) is 4.53. The zero-order chi connectivity index (χ0) is 26.2. The Kier molecular flexibility index (Phi) is 5.64. The topological polar surface area (TPSA) is 51.6 Å². The van der Waals surface area contributed by atoms with Gasteiger partial charge in [-0.3, -0.25) is 4.98 Å². The number of fused-ring (bicyclic) bond motifs is 2. The van der Waals surface area contributed by atoms with Crippen LogP contribution in [-0.4, -0.2) is 19.9 Å². The van der Waals surface area contributed by atoms with E-state index in [9.17, 15) is 0 Å². The van der Waals surface area contributed by atoms with Crippen molar-refractivity contribution < 1.29 is 0 Å². The van der Waals surface area contributed by atoms with Crippen molar-refractivity contribution in [1.82, 2.24) is 19.9 Å². The molecule has 0 atom stereocenters. The summed E-state index contributed by atoms with van der Waals surface area (Å²) in [5, 5.41) is 4.67. The normalized spacial score (nSPS) is 11.2. The van der Waals surface area contributed by atoms with E-state index in [0.29, 0.717) is 17.5 Å². The van der Waals surface area contributed by atoms with Crippen molar-refractivity contribution in [3.8, 4) is 45.3 Å². The monoisotopic (exact) mass is 500 g/mol. The summed E-state index contributed by atoms with van der Waals surface area (Å²) in [5.74, 6) is 1.94. The molecule has 0 aliphatic heterocycles. The van der Waals surface area contributed by atoms with E-state index in [0.717, 1.165) is 44.3 Å². The first-order valence-corrected chi connectivity index (χ1v) is 13.0. The Morgan fingerprint density at radius 3 is 1.41 bits per heavy atom. The van der Waals surface area contributed by atoms with Crippen molar-refractivity contribution in [3.05, 3.63) is 133 Å². The van der Waals surface area contributed by atoms with Gasteiger partial charge in [0.1, 0.15) is 0 Å². The van der Waals surface area contributed by atoms with Crippen LogP contribution in [0.25, 0.3) is 66.8 Å². The molecule has 0 aliphatic carbocycles. The van der Waals surface area contributed by atoms with Crippen molar-refractivity contribution in [2.24, 2.45) is 0 Å². The second-order valence-corrected chi connectivity index (χ2v) is 9.70. The molecule has 4 nitrogen and oxygen atoms in total. The van der Waals surface area contributed by atoms with E-state index < -0.39 is 0 Å². The molecule has 2 aromatic heterocycles. The fourth-order valence-corrected chi connectivity index (χ4v) is 4.90. The van der Waals surface area contributed by atoms with Gasteiger partial charge in [-0.2, -0.15) is 0 Å². The summed E-state index contributed by atoms with van der Waals surface area (Å²) in [7, 11) is 0. The number of benzene rings is 5. The van der Waals surface area contributed by atoms with Gasteiger partial charge in [0.05, 0.1) is 0 Å². The lowest BCUT2D eigenvalue weighted by atomic mass is 10.0. The highest BCUT2D eigenvalue weighted by Crippen LogP contribution is 2.30. The number of pyridine rings is 1. The SMILES string of the molecule is Cc1ccc(-c2cccc(-c3nc(-c4ccc5ccccc5c4)nc(-c4ccc5ccccc5c4)n3)c2)cn1. The molecule has 184 valence electrons. The fraction of sp³-hybridized carbons (Fsp3) is 0.0286. The molecule has 0 bridgehead atoms. The first-order valence-electron chi connectivity index (χ1n) is 13.0. The van der Waals surface area contributed by atoms with Crippen LogP contribution >= 0.6 is 0 Å². The largest absolute Gasteiger partial charge is 0.261 e. The van der Waals surface area contributed by atoms with E-state index in [4.69, 9.17) is 15.0 Å². The molecule has 4 heteroatoms. The zero-order valence-corrected chi connectivity index (χ0v) is 21.4. The average molecular weight is 501 g/mol. The Morgan fingerprint density at radius 1 is 0.385 bits per heavy atom. The second kappa shape index (κ2) is 9.58. The van der Waals surface area contributed by atoms with Crippen LogP contribution in [0.3, 0.4) is 0 Å². The van der Waals surface area contributed by atoms with Crippen LogP contribution in [0.4, 0.5) is 0 Å². The van der Waals surface area contributed by atoms with Crippen molar-refractivity contribution >= 4 is 21.5 Å².